The number of aryl methyl sites for hydroxylation is 1. The molecule has 3 aromatic rings. The number of nitrogens with zero attached hydrogens (tertiary/aromatic N) is 1. The Bertz CT molecular complexity index is 1050. The molecule has 0 aliphatic rings. The molecule has 0 unspecified atom stereocenters. The van der Waals surface area contributed by atoms with Crippen molar-refractivity contribution >= 4 is 23.3 Å². The van der Waals surface area contributed by atoms with Crippen LogP contribution in [-0.4, -0.2) is 23.4 Å². The molecule has 0 saturated carbocycles. The minimum Gasteiger partial charge on any atom is -0.322 e. The van der Waals surface area contributed by atoms with Crippen LogP contribution in [0.25, 0.3) is 0 Å². The third-order valence-electron chi connectivity index (χ3n) is 4.75. The first-order chi connectivity index (χ1) is 14.5. The van der Waals surface area contributed by atoms with Crippen molar-refractivity contribution in [2.75, 3.05) is 17.2 Å². The highest BCUT2D eigenvalue weighted by atomic mass is 19.1. The van der Waals surface area contributed by atoms with Crippen molar-refractivity contribution in [3.8, 4) is 0 Å². The molecule has 3 aromatic carbocycles. The lowest BCUT2D eigenvalue weighted by atomic mass is 10.1. The molecule has 2 N–H and O–H groups in total. The first-order valence-electron chi connectivity index (χ1n) is 9.73. The Morgan fingerprint density at radius 1 is 0.900 bits per heavy atom. The van der Waals surface area contributed by atoms with Crippen LogP contribution in [0.2, 0.25) is 0 Å². The summed E-state index contributed by atoms with van der Waals surface area (Å²) in [6, 6.07) is 20.0. The average Bonchev–Trinajstić information content (AvgIpc) is 2.73. The maximum Gasteiger partial charge on any atom is 0.322 e. The molecule has 154 valence electrons. The van der Waals surface area contributed by atoms with Crippen molar-refractivity contribution in [3.63, 3.8) is 0 Å². The van der Waals surface area contributed by atoms with Gasteiger partial charge in [0.25, 0.3) is 5.91 Å². The molecule has 30 heavy (non-hydrogen) atoms. The van der Waals surface area contributed by atoms with E-state index in [0.717, 1.165) is 11.1 Å². The van der Waals surface area contributed by atoms with Gasteiger partial charge < -0.3 is 15.5 Å². The van der Waals surface area contributed by atoms with E-state index in [1.165, 1.54) is 18.2 Å². The lowest BCUT2D eigenvalue weighted by Crippen LogP contribution is -2.34. The molecule has 6 heteroatoms. The van der Waals surface area contributed by atoms with Gasteiger partial charge in [-0.2, -0.15) is 0 Å². The summed E-state index contributed by atoms with van der Waals surface area (Å²) in [5, 5.41) is 5.50. The van der Waals surface area contributed by atoms with Gasteiger partial charge in [0.2, 0.25) is 0 Å². The van der Waals surface area contributed by atoms with E-state index in [9.17, 15) is 14.0 Å². The smallest absolute Gasteiger partial charge is 0.322 e. The molecule has 0 radical (unpaired) electrons. The molecule has 0 atom stereocenters. The highest BCUT2D eigenvalue weighted by Gasteiger charge is 2.14. The summed E-state index contributed by atoms with van der Waals surface area (Å²) < 4.78 is 13.3. The first kappa shape index (κ1) is 21.0. The molecule has 5 nitrogen and oxygen atoms in total. The zero-order valence-electron chi connectivity index (χ0n) is 17.0. The molecule has 0 aromatic heterocycles. The number of halogens is 1. The number of amides is 3. The molecule has 0 fully saturated rings. The number of anilines is 2. The van der Waals surface area contributed by atoms with Crippen LogP contribution in [0.1, 0.15) is 28.4 Å². The summed E-state index contributed by atoms with van der Waals surface area (Å²) in [7, 11) is 0. The number of hydrogen-bond donors (Lipinski definition) is 2. The third kappa shape index (κ3) is 5.44. The van der Waals surface area contributed by atoms with Gasteiger partial charge in [-0.15, -0.1) is 0 Å². The molecule has 3 amide bonds. The Hall–Kier alpha value is -3.67. The van der Waals surface area contributed by atoms with Crippen LogP contribution in [0.5, 0.6) is 0 Å². The third-order valence-corrected chi connectivity index (χ3v) is 4.75. The van der Waals surface area contributed by atoms with Crippen LogP contribution < -0.4 is 10.6 Å². The predicted octanol–water partition coefficient (Wildman–Crippen LogP) is 5.44. The number of carbonyl (C=O) groups excluding carboxylic acids is 2. The Morgan fingerprint density at radius 3 is 2.30 bits per heavy atom. The largest absolute Gasteiger partial charge is 0.322 e. The maximum absolute atomic E-state index is 13.3. The number of hydrogen-bond acceptors (Lipinski definition) is 2. The van der Waals surface area contributed by atoms with E-state index in [1.54, 1.807) is 35.2 Å². The number of urea groups is 1. The fourth-order valence-corrected chi connectivity index (χ4v) is 3.03. The van der Waals surface area contributed by atoms with E-state index in [4.69, 9.17) is 0 Å². The Labute approximate surface area is 175 Å². The monoisotopic (exact) mass is 405 g/mol. The van der Waals surface area contributed by atoms with Gasteiger partial charge in [-0.1, -0.05) is 36.4 Å². The highest BCUT2D eigenvalue weighted by Crippen LogP contribution is 2.16. The number of rotatable bonds is 6. The van der Waals surface area contributed by atoms with Crippen LogP contribution in [0.15, 0.2) is 72.8 Å². The van der Waals surface area contributed by atoms with Crippen molar-refractivity contribution < 1.29 is 14.0 Å². The Kier molecular flexibility index (Phi) is 6.80. The van der Waals surface area contributed by atoms with Gasteiger partial charge in [0.1, 0.15) is 5.82 Å². The van der Waals surface area contributed by atoms with Gasteiger partial charge in [-0.25, -0.2) is 9.18 Å². The van der Waals surface area contributed by atoms with Crippen molar-refractivity contribution in [1.82, 2.24) is 4.90 Å². The molecular formula is C24H24FN3O2. The minimum absolute atomic E-state index is 0.247. The topological polar surface area (TPSA) is 61.4 Å². The van der Waals surface area contributed by atoms with Gasteiger partial charge in [0.05, 0.1) is 0 Å². The molecule has 0 saturated heterocycles. The summed E-state index contributed by atoms with van der Waals surface area (Å²) in [4.78, 5) is 26.9. The first-order valence-corrected chi connectivity index (χ1v) is 9.73. The number of benzene rings is 3. The lowest BCUT2D eigenvalue weighted by Gasteiger charge is -2.22. The van der Waals surface area contributed by atoms with Crippen molar-refractivity contribution in [2.45, 2.75) is 20.4 Å². The van der Waals surface area contributed by atoms with Gasteiger partial charge in [-0.3, -0.25) is 4.79 Å². The van der Waals surface area contributed by atoms with Crippen molar-refractivity contribution in [2.24, 2.45) is 0 Å². The predicted molar refractivity (Wildman–Crippen MR) is 117 cm³/mol. The zero-order valence-corrected chi connectivity index (χ0v) is 17.0. The van der Waals surface area contributed by atoms with Crippen LogP contribution in [0.3, 0.4) is 0 Å². The van der Waals surface area contributed by atoms with Gasteiger partial charge in [0.15, 0.2) is 0 Å². The summed E-state index contributed by atoms with van der Waals surface area (Å²) >= 11 is 0. The minimum atomic E-state index is -0.429. The van der Waals surface area contributed by atoms with E-state index in [2.05, 4.69) is 10.6 Å². The second kappa shape index (κ2) is 9.69. The SMILES string of the molecule is CCN(Cc1ccccc1C)C(=O)Nc1cccc(C(=O)Nc2cccc(F)c2)c1. The van der Waals surface area contributed by atoms with Crippen LogP contribution in [0, 0.1) is 12.7 Å². The summed E-state index contributed by atoms with van der Waals surface area (Å²) in [6.07, 6.45) is 0. The molecule has 0 spiro atoms. The van der Waals surface area contributed by atoms with Crippen LogP contribution in [0.4, 0.5) is 20.6 Å². The van der Waals surface area contributed by atoms with Gasteiger partial charge in [-0.05, 0) is 61.4 Å². The standard InChI is InChI=1S/C24H24FN3O2/c1-3-28(16-19-9-5-4-8-17(19)2)24(30)27-21-12-6-10-18(14-21)23(29)26-22-13-7-11-20(25)15-22/h4-15H,3,16H2,1-2H3,(H,26,29)(H,27,30). The quantitative estimate of drug-likeness (QED) is 0.574. The summed E-state index contributed by atoms with van der Waals surface area (Å²) in [5.74, 6) is -0.814. The second-order valence-corrected chi connectivity index (χ2v) is 6.92. The van der Waals surface area contributed by atoms with E-state index < -0.39 is 5.82 Å². The van der Waals surface area contributed by atoms with Gasteiger partial charge in [0, 0.05) is 30.0 Å². The van der Waals surface area contributed by atoms with Crippen LogP contribution >= 0.6 is 0 Å². The normalized spacial score (nSPS) is 10.4. The fourth-order valence-electron chi connectivity index (χ4n) is 3.03. The number of carbonyl (C=O) groups is 2. The molecule has 0 heterocycles. The summed E-state index contributed by atoms with van der Waals surface area (Å²) in [5.41, 5.74) is 3.44. The van der Waals surface area contributed by atoms with Gasteiger partial charge >= 0.3 is 6.03 Å². The molecule has 0 aliphatic carbocycles. The highest BCUT2D eigenvalue weighted by molar-refractivity contribution is 6.05. The molecular weight excluding hydrogens is 381 g/mol. The Balaban J connectivity index is 1.68. The molecule has 0 bridgehead atoms. The summed E-state index contributed by atoms with van der Waals surface area (Å²) in [6.45, 7) is 4.97. The van der Waals surface area contributed by atoms with E-state index in [0.29, 0.717) is 30.0 Å². The second-order valence-electron chi connectivity index (χ2n) is 6.92. The van der Waals surface area contributed by atoms with E-state index in [1.807, 2.05) is 38.1 Å². The maximum atomic E-state index is 13.3. The van der Waals surface area contributed by atoms with Crippen LogP contribution in [-0.2, 0) is 6.54 Å². The van der Waals surface area contributed by atoms with E-state index in [-0.39, 0.29) is 11.9 Å². The Morgan fingerprint density at radius 2 is 1.60 bits per heavy atom. The average molecular weight is 405 g/mol. The van der Waals surface area contributed by atoms with Crippen molar-refractivity contribution in [1.29, 1.82) is 0 Å². The molecule has 3 rings (SSSR count). The molecule has 0 aliphatic heterocycles. The number of nitrogens with one attached hydrogen (secondary N) is 2. The lowest BCUT2D eigenvalue weighted by molar-refractivity contribution is 0.102. The van der Waals surface area contributed by atoms with E-state index >= 15 is 0 Å². The van der Waals surface area contributed by atoms with Crippen molar-refractivity contribution in [3.05, 3.63) is 95.3 Å². The zero-order chi connectivity index (χ0) is 21.5. The fraction of sp³-hybridized carbons (Fsp3) is 0.167.